The molecule has 10 N–H and O–H groups in total. The van der Waals surface area contributed by atoms with Crippen molar-refractivity contribution in [2.24, 2.45) is 29.6 Å². The molecular weight excluding hydrogens is 1740 g/mol. The van der Waals surface area contributed by atoms with E-state index in [0.717, 1.165) is 76.8 Å². The van der Waals surface area contributed by atoms with Crippen LogP contribution >= 0.6 is 63.1 Å². The van der Waals surface area contributed by atoms with Crippen LogP contribution < -0.4 is 34.3 Å². The Bertz CT molecular complexity index is 4410. The Labute approximate surface area is 751 Å². The monoisotopic (exact) mass is 1860 g/mol. The molecule has 0 saturated carbocycles. The van der Waals surface area contributed by atoms with Crippen LogP contribution in [0.25, 0.3) is 0 Å². The molecule has 0 bridgehead atoms. The molecule has 5 atom stereocenters. The molecule has 0 aliphatic heterocycles. The zero-order valence-corrected chi connectivity index (χ0v) is 80.3. The summed E-state index contributed by atoms with van der Waals surface area (Å²) in [4.78, 5) is 58.5. The smallest absolute Gasteiger partial charge is 0.534 e. The number of hydrogen-bond donors (Lipinski definition) is 10. The van der Waals surface area contributed by atoms with Crippen LogP contribution in [0, 0.1) is 29.6 Å². The molecule has 19 nitrogen and oxygen atoms in total. The van der Waals surface area contributed by atoms with E-state index in [1.54, 1.807) is 19.9 Å². The third-order valence-corrected chi connectivity index (χ3v) is 29.4. The summed E-state index contributed by atoms with van der Waals surface area (Å²) in [6, 6.07) is 53.1. The van der Waals surface area contributed by atoms with Crippen LogP contribution in [0.5, 0.6) is 69.0 Å². The van der Waals surface area contributed by atoms with Crippen LogP contribution in [0.3, 0.4) is 0 Å². The number of carboxylic acids is 1. The molecule has 0 amide bonds. The molecule has 0 unspecified atom stereocenters. The molecule has 0 aromatic heterocycles. The fourth-order valence-electron chi connectivity index (χ4n) is 11.6. The van der Waals surface area contributed by atoms with E-state index in [4.69, 9.17) is 85.1 Å². The molecule has 8 aromatic carbocycles. The predicted octanol–water partition coefficient (Wildman–Crippen LogP) is 23.0. The Morgan fingerprint density at radius 2 is 0.727 bits per heavy atom. The van der Waals surface area contributed by atoms with E-state index in [9.17, 15) is 49.5 Å². The number of carbonyl (C=O) groups is 5. The first-order chi connectivity index (χ1) is 56.0. The number of benzene rings is 8. The van der Waals surface area contributed by atoms with Crippen molar-refractivity contribution in [3.8, 4) is 69.0 Å². The fraction of sp³-hybridized carbons (Fsp3) is 0.380. The van der Waals surface area contributed by atoms with Crippen molar-refractivity contribution in [2.45, 2.75) is 194 Å². The van der Waals surface area contributed by atoms with Gasteiger partial charge in [-0.1, -0.05) is 257 Å². The van der Waals surface area contributed by atoms with Crippen molar-refractivity contribution in [1.82, 2.24) is 0 Å². The topological polar surface area (TPSA) is 332 Å². The minimum Gasteiger partial charge on any atom is -0.534 e. The normalized spacial score (nSPS) is 12.2. The minimum atomic E-state index is -3.19. The van der Waals surface area contributed by atoms with E-state index in [-0.39, 0.29) is 139 Å². The van der Waals surface area contributed by atoms with E-state index < -0.39 is 54.7 Å². The van der Waals surface area contributed by atoms with Gasteiger partial charge in [-0.15, -0.1) is 0 Å². The van der Waals surface area contributed by atoms with Crippen LogP contribution in [-0.2, 0) is 18.8 Å². The van der Waals surface area contributed by atoms with Gasteiger partial charge in [0.05, 0.1) is 5.92 Å². The summed E-state index contributed by atoms with van der Waals surface area (Å²) in [5.41, 5.74) is 2.71. The predicted molar refractivity (Wildman–Crippen MR) is 504 cm³/mol. The lowest BCUT2D eigenvalue weighted by Gasteiger charge is -2.44. The summed E-state index contributed by atoms with van der Waals surface area (Å²) < 4.78 is 29.7. The number of carbonyl (C=O) groups excluding carboxylic acids is 4. The highest BCUT2D eigenvalue weighted by atomic mass is 36.0. The maximum Gasteiger partial charge on any atom is 0.643 e. The van der Waals surface area contributed by atoms with Gasteiger partial charge in [-0.25, -0.2) is 34.4 Å². The first-order valence-corrected chi connectivity index (χ1v) is 51.4. The third kappa shape index (κ3) is 37.4. The molecule has 0 fully saturated rings. The van der Waals surface area contributed by atoms with E-state index >= 15 is 0 Å². The molecule has 0 spiro atoms. The quantitative estimate of drug-likeness (QED) is 0.00989. The number of hydrogen-bond acceptors (Lipinski definition) is 18. The summed E-state index contributed by atoms with van der Waals surface area (Å²) in [7, 11) is 15.9. The zero-order chi connectivity index (χ0) is 91.8. The molecule has 0 radical (unpaired) electrons. The number of ketones is 3. The maximum absolute atomic E-state index is 14.2. The van der Waals surface area contributed by atoms with Gasteiger partial charge in [0.15, 0.2) is 17.3 Å². The minimum absolute atomic E-state index is 0. The lowest BCUT2D eigenvalue weighted by Crippen LogP contribution is -2.69. The summed E-state index contributed by atoms with van der Waals surface area (Å²) in [6.45, 7) is 38.2. The number of halogens is 6. The van der Waals surface area contributed by atoms with Gasteiger partial charge in [0.2, 0.25) is 14.5 Å². The van der Waals surface area contributed by atoms with Crippen LogP contribution in [0.2, 0.25) is 10.1 Å². The standard InChI is InChI=1S/C43H50O4Si2.C21H30O4.C11H14O4.C6H6O3.C5H9ClO.C5H10O2.CH4.Al.Cl2OS.3ClH/c1-9-32(2)41(45)40-38(44)30-33(46-48(42(3,4)5,34-22-14-10-15-23-34)35-24-16-11-17-25-35)31-39(40)47-49(43(6,7)8,36-26-18-12-19-27-36)37-28-20-13-21-29-37;1-6-16(5)21(24)20-18(23)12-17(22)13-19(20)25-11-10-15(4)9-7-8-14(2)3;1-3-6(2)11(15)10-8(13)4-7(12)5-9(10)14;7-4-1-5(8)3-6(9)2-4;2*1-3-4(2)5(6)7;;;1-4(2)3;;;/h10-32,44H,9H2,1-8H3;8,10,12-13,16,22-23H,6-7,9,11H2,1-5H3;4-6,12-14H,3H2,1-2H3;1-3,7-9H;4H,3H2,1-2H3;4H,3H2,1-2H3,(H,6,7);1H4;;;3*1H/q;;;;;;;+3;;;;/p-3/b;15-10+;;;;;;;;;;/t32-;16-;6-;;2*4-;;;;;;/m000.00....../s1. The van der Waals surface area contributed by atoms with Crippen molar-refractivity contribution < 1.29 is 92.8 Å². The number of carboxylic acid groups (broad SMARTS) is 1. The van der Waals surface area contributed by atoms with Gasteiger partial charge in [0.1, 0.15) is 92.3 Å². The average Bonchev–Trinajstić information content (AvgIpc) is 0.738. The van der Waals surface area contributed by atoms with E-state index in [2.05, 4.69) is 156 Å². The number of rotatable bonds is 27. The second kappa shape index (κ2) is 55.9. The number of ether oxygens (including phenoxy) is 1. The zero-order valence-electron chi connectivity index (χ0n) is 71.8. The lowest BCUT2D eigenvalue weighted by atomic mass is 9.95. The second-order valence-corrected chi connectivity index (χ2v) is 48.4. The lowest BCUT2D eigenvalue weighted by molar-refractivity contribution is -0.141. The molecule has 8 rings (SSSR count). The fourth-order valence-corrected chi connectivity index (χ4v) is 20.6. The van der Waals surface area contributed by atoms with Gasteiger partial charge in [-0.2, -0.15) is 0 Å². The van der Waals surface area contributed by atoms with Gasteiger partial charge >= 0.3 is 34.0 Å². The number of allylic oxidation sites excluding steroid dienone is 3. The Morgan fingerprint density at radius 3 is 1.02 bits per heavy atom. The first kappa shape index (κ1) is 113. The molecule has 0 saturated heterocycles. The molecule has 8 aromatic rings. The van der Waals surface area contributed by atoms with Gasteiger partial charge in [0.25, 0.3) is 0 Å². The highest BCUT2D eigenvalue weighted by Crippen LogP contribution is 2.46. The number of phenolic OH excluding ortho intramolecular Hbond substituents is 9. The van der Waals surface area contributed by atoms with Crippen LogP contribution in [-0.4, -0.2) is 118 Å². The molecule has 29 heteroatoms. The van der Waals surface area contributed by atoms with Crippen molar-refractivity contribution >= 4 is 150 Å². The van der Waals surface area contributed by atoms with Crippen molar-refractivity contribution in [2.75, 3.05) is 6.61 Å². The summed E-state index contributed by atoms with van der Waals surface area (Å²) in [6.07, 6.45) is 9.55. The van der Waals surface area contributed by atoms with Crippen molar-refractivity contribution in [1.29, 1.82) is 0 Å². The average molecular weight is 1860 g/mol. The summed E-state index contributed by atoms with van der Waals surface area (Å²) in [5.74, 6) is -3.27. The van der Waals surface area contributed by atoms with Gasteiger partial charge in [-0.05, 0) is 114 Å². The largest absolute Gasteiger partial charge is 0.643 e. The Balaban J connectivity index is 0.00000165. The number of aliphatic carboxylic acids is 1. The summed E-state index contributed by atoms with van der Waals surface area (Å²) >= 11 is 3.37. The van der Waals surface area contributed by atoms with Gasteiger partial charge in [0, 0.05) is 99.6 Å². The molecular formula is C92H123AlCl6O19SSi2. The van der Waals surface area contributed by atoms with E-state index in [1.165, 1.54) is 23.3 Å². The first-order valence-electron chi connectivity index (χ1n) is 39.1. The molecule has 664 valence electrons. The van der Waals surface area contributed by atoms with Crippen molar-refractivity contribution in [3.05, 3.63) is 216 Å². The Kier molecular flexibility index (Phi) is 52.1. The SMILES string of the molecule is C.CC[C@H](C)C(=O)Cl.CC[C@H](C)C(=O)O.CC[C@H](C)C(=O)c1c(O)cc(O)cc1O.CC[C@H](C)C(=O)c1c(O)cc(O)cc1OC/C=C(\C)CCC=C(C)C.CC[C@H](C)C(=O)c1c(O)cc(O[Si](c2ccccc2)(c2ccccc2)C(C)(C)C)cc1O[Si](c1ccccc1)(c1ccccc1)C(C)(C)C.O=S(Cl)Cl.Oc1cc(O)cc(O)c1.[Cl][Al]([Cl])[Cl]. The Morgan fingerprint density at radius 1 is 0.438 bits per heavy atom. The van der Waals surface area contributed by atoms with E-state index in [1.807, 2.05) is 123 Å². The van der Waals surface area contributed by atoms with Gasteiger partial charge < -0.3 is 64.7 Å². The van der Waals surface area contributed by atoms with Crippen LogP contribution in [0.15, 0.2) is 199 Å². The molecule has 0 aliphatic rings. The van der Waals surface area contributed by atoms with Gasteiger partial charge in [-0.3, -0.25) is 24.0 Å². The number of phenols is 9. The Hall–Kier alpha value is -8.15. The molecule has 0 heterocycles. The second-order valence-electron chi connectivity index (χ2n) is 30.6. The van der Waals surface area contributed by atoms with Crippen LogP contribution in [0.4, 0.5) is 0 Å². The van der Waals surface area contributed by atoms with E-state index in [0.29, 0.717) is 30.8 Å². The molecule has 0 aliphatic carbocycles. The third-order valence-electron chi connectivity index (χ3n) is 19.2. The number of aromatic hydroxyl groups is 9. The number of Topliss-reactive ketones (excluding diaryl/α,β-unsaturated/α-hetero) is 3. The maximum atomic E-state index is 14.2. The molecule has 121 heavy (non-hydrogen) atoms. The highest BCUT2D eigenvalue weighted by molar-refractivity contribution is 8.26. The van der Waals surface area contributed by atoms with Crippen molar-refractivity contribution in [3.63, 3.8) is 0 Å². The highest BCUT2D eigenvalue weighted by Gasteiger charge is 2.54. The summed E-state index contributed by atoms with van der Waals surface area (Å²) in [5, 5.41) is 97.3. The van der Waals surface area contributed by atoms with Crippen LogP contribution in [0.1, 0.15) is 215 Å².